The highest BCUT2D eigenvalue weighted by Gasteiger charge is 2.24. The van der Waals surface area contributed by atoms with Gasteiger partial charge in [-0.3, -0.25) is 5.11 Å². The SMILES string of the molecule is [O]c1c(F)c(F)c(F)c2c(F)c(F)ccc12. The highest BCUT2D eigenvalue weighted by Crippen LogP contribution is 2.35. The molecule has 6 heteroatoms. The third-order valence-corrected chi connectivity index (χ3v) is 2.14. The van der Waals surface area contributed by atoms with E-state index in [4.69, 9.17) is 0 Å². The Hall–Kier alpha value is -1.85. The molecule has 0 aliphatic heterocycles. The summed E-state index contributed by atoms with van der Waals surface area (Å²) < 4.78 is 64.6. The lowest BCUT2D eigenvalue weighted by atomic mass is 10.1. The number of benzene rings is 2. The molecule has 0 heterocycles. The van der Waals surface area contributed by atoms with Gasteiger partial charge in [0.2, 0.25) is 11.6 Å². The van der Waals surface area contributed by atoms with Crippen molar-refractivity contribution in [3.63, 3.8) is 0 Å². The van der Waals surface area contributed by atoms with E-state index in [1.807, 2.05) is 0 Å². The van der Waals surface area contributed by atoms with Crippen LogP contribution in [0.2, 0.25) is 0 Å². The Balaban J connectivity index is 3.09. The summed E-state index contributed by atoms with van der Waals surface area (Å²) in [4.78, 5) is 0. The van der Waals surface area contributed by atoms with Gasteiger partial charge < -0.3 is 0 Å². The first-order valence-corrected chi connectivity index (χ1v) is 4.06. The van der Waals surface area contributed by atoms with Gasteiger partial charge in [0, 0.05) is 5.39 Å². The first-order valence-electron chi connectivity index (χ1n) is 4.06. The Morgan fingerprint density at radius 1 is 0.750 bits per heavy atom. The van der Waals surface area contributed by atoms with Crippen molar-refractivity contribution in [1.82, 2.24) is 0 Å². The highest BCUT2D eigenvalue weighted by atomic mass is 19.2. The smallest absolute Gasteiger partial charge is 0.225 e. The molecule has 0 fully saturated rings. The quantitative estimate of drug-likeness (QED) is 0.488. The van der Waals surface area contributed by atoms with Crippen molar-refractivity contribution in [1.29, 1.82) is 0 Å². The molecule has 0 aliphatic carbocycles. The first kappa shape index (κ1) is 10.7. The summed E-state index contributed by atoms with van der Waals surface area (Å²) in [6.45, 7) is 0. The molecule has 83 valence electrons. The van der Waals surface area contributed by atoms with E-state index < -0.39 is 45.6 Å². The number of halogens is 5. The molecular formula is C10H2F5O. The molecule has 16 heavy (non-hydrogen) atoms. The molecule has 0 atom stereocenters. The van der Waals surface area contributed by atoms with Crippen LogP contribution < -0.4 is 0 Å². The van der Waals surface area contributed by atoms with E-state index in [1.165, 1.54) is 0 Å². The fourth-order valence-corrected chi connectivity index (χ4v) is 1.38. The van der Waals surface area contributed by atoms with Crippen molar-refractivity contribution < 1.29 is 27.1 Å². The summed E-state index contributed by atoms with van der Waals surface area (Å²) >= 11 is 0. The monoisotopic (exact) mass is 233 g/mol. The van der Waals surface area contributed by atoms with Crippen molar-refractivity contribution in [2.75, 3.05) is 0 Å². The number of hydrogen-bond acceptors (Lipinski definition) is 0. The molecule has 1 radical (unpaired) electrons. The van der Waals surface area contributed by atoms with Crippen molar-refractivity contribution in [3.8, 4) is 5.75 Å². The van der Waals surface area contributed by atoms with Crippen LogP contribution in [0.5, 0.6) is 5.75 Å². The van der Waals surface area contributed by atoms with Gasteiger partial charge in [-0.1, -0.05) is 0 Å². The van der Waals surface area contributed by atoms with Gasteiger partial charge in [-0.15, -0.1) is 0 Å². The van der Waals surface area contributed by atoms with Gasteiger partial charge in [0.15, 0.2) is 23.3 Å². The standard InChI is InChI=1S/C10H2F5O/c11-4-2-1-3-5(6(4)12)7(13)8(14)9(15)10(3)16/h1-2H. The Kier molecular flexibility index (Phi) is 2.22. The fourth-order valence-electron chi connectivity index (χ4n) is 1.38. The molecule has 2 rings (SSSR count). The fraction of sp³-hybridized carbons (Fsp3) is 0. The third-order valence-electron chi connectivity index (χ3n) is 2.14. The zero-order chi connectivity index (χ0) is 12.0. The molecular weight excluding hydrogens is 231 g/mol. The summed E-state index contributed by atoms with van der Waals surface area (Å²) in [5.74, 6) is -10.6. The number of fused-ring (bicyclic) bond motifs is 1. The van der Waals surface area contributed by atoms with E-state index in [1.54, 1.807) is 0 Å². The number of hydrogen-bond donors (Lipinski definition) is 0. The third kappa shape index (κ3) is 1.22. The summed E-state index contributed by atoms with van der Waals surface area (Å²) in [5.41, 5.74) is 0. The minimum atomic E-state index is -2.11. The average Bonchev–Trinajstić information content (AvgIpc) is 2.27. The second-order valence-electron chi connectivity index (χ2n) is 3.05. The predicted octanol–water partition coefficient (Wildman–Crippen LogP) is 3.68. The molecule has 1 nitrogen and oxygen atoms in total. The Morgan fingerprint density at radius 2 is 1.38 bits per heavy atom. The lowest BCUT2D eigenvalue weighted by molar-refractivity contribution is 0.320. The van der Waals surface area contributed by atoms with Crippen molar-refractivity contribution >= 4 is 10.8 Å². The number of rotatable bonds is 0. The average molecular weight is 233 g/mol. The van der Waals surface area contributed by atoms with Crippen molar-refractivity contribution in [2.45, 2.75) is 0 Å². The summed E-state index contributed by atoms with van der Waals surface area (Å²) in [5, 5.41) is 9.18. The highest BCUT2D eigenvalue weighted by molar-refractivity contribution is 5.89. The van der Waals surface area contributed by atoms with Crippen molar-refractivity contribution in [3.05, 3.63) is 41.2 Å². The molecule has 0 aliphatic rings. The maximum atomic E-state index is 13.1. The molecule has 0 saturated carbocycles. The zero-order valence-corrected chi connectivity index (χ0v) is 7.45. The summed E-state index contributed by atoms with van der Waals surface area (Å²) in [6.07, 6.45) is 0. The van der Waals surface area contributed by atoms with Gasteiger partial charge >= 0.3 is 0 Å². The normalized spacial score (nSPS) is 11.1. The van der Waals surface area contributed by atoms with Gasteiger partial charge in [-0.2, -0.15) is 4.39 Å². The molecule has 2 aromatic rings. The maximum absolute atomic E-state index is 13.1. The lowest BCUT2D eigenvalue weighted by Crippen LogP contribution is -1.97. The Morgan fingerprint density at radius 3 is 2.00 bits per heavy atom. The van der Waals surface area contributed by atoms with Crippen molar-refractivity contribution in [2.24, 2.45) is 0 Å². The van der Waals surface area contributed by atoms with E-state index in [0.717, 1.165) is 0 Å². The Labute approximate surface area is 85.7 Å². The minimum absolute atomic E-state index is 0.538. The van der Waals surface area contributed by atoms with Gasteiger partial charge in [-0.05, 0) is 12.1 Å². The van der Waals surface area contributed by atoms with Crippen LogP contribution in [0.15, 0.2) is 12.1 Å². The van der Waals surface area contributed by atoms with Gasteiger partial charge in [0.25, 0.3) is 0 Å². The van der Waals surface area contributed by atoms with E-state index in [9.17, 15) is 27.1 Å². The lowest BCUT2D eigenvalue weighted by Gasteiger charge is -2.05. The minimum Gasteiger partial charge on any atom is -0.286 e. The second kappa shape index (κ2) is 3.33. The van der Waals surface area contributed by atoms with E-state index >= 15 is 0 Å². The van der Waals surface area contributed by atoms with E-state index in [-0.39, 0.29) is 0 Å². The van der Waals surface area contributed by atoms with E-state index in [2.05, 4.69) is 0 Å². The molecule has 0 bridgehead atoms. The van der Waals surface area contributed by atoms with Crippen LogP contribution >= 0.6 is 0 Å². The van der Waals surface area contributed by atoms with Crippen LogP contribution in [-0.2, 0) is 5.11 Å². The van der Waals surface area contributed by atoms with Gasteiger partial charge in [0.05, 0.1) is 5.39 Å². The molecule has 2 aromatic carbocycles. The topological polar surface area (TPSA) is 19.9 Å². The van der Waals surface area contributed by atoms with Crippen LogP contribution in [0.25, 0.3) is 10.8 Å². The predicted molar refractivity (Wildman–Crippen MR) is 43.9 cm³/mol. The summed E-state index contributed by atoms with van der Waals surface area (Å²) in [7, 11) is 0. The summed E-state index contributed by atoms with van der Waals surface area (Å²) in [6, 6.07) is 1.23. The van der Waals surface area contributed by atoms with Crippen LogP contribution in [-0.4, -0.2) is 0 Å². The van der Waals surface area contributed by atoms with E-state index in [0.29, 0.717) is 12.1 Å². The molecule has 0 saturated heterocycles. The molecule has 0 N–H and O–H groups in total. The van der Waals surface area contributed by atoms with Crippen LogP contribution in [0.1, 0.15) is 0 Å². The molecule has 0 aromatic heterocycles. The van der Waals surface area contributed by atoms with Crippen LogP contribution in [0, 0.1) is 29.1 Å². The molecule has 0 unspecified atom stereocenters. The second-order valence-corrected chi connectivity index (χ2v) is 3.05. The largest absolute Gasteiger partial charge is 0.286 e. The van der Waals surface area contributed by atoms with Crippen LogP contribution in [0.4, 0.5) is 22.0 Å². The Bertz CT molecular complexity index is 594. The van der Waals surface area contributed by atoms with Gasteiger partial charge in [0.1, 0.15) is 0 Å². The maximum Gasteiger partial charge on any atom is 0.225 e. The van der Waals surface area contributed by atoms with Gasteiger partial charge in [-0.25, -0.2) is 17.6 Å². The molecule has 0 amide bonds. The first-order chi connectivity index (χ1) is 7.45. The molecule has 0 spiro atoms. The zero-order valence-electron chi connectivity index (χ0n) is 7.45. The van der Waals surface area contributed by atoms with Crippen LogP contribution in [0.3, 0.4) is 0 Å².